The van der Waals surface area contributed by atoms with Gasteiger partial charge in [0.05, 0.1) is 0 Å². The number of hydrogen-bond donors (Lipinski definition) is 2. The molecule has 0 amide bonds. The minimum absolute atomic E-state index is 0.215. The molecule has 1 atom stereocenters. The Labute approximate surface area is 112 Å². The largest absolute Gasteiger partial charge is 0.271 e. The van der Waals surface area contributed by atoms with Gasteiger partial charge in [-0.3, -0.25) is 11.3 Å². The fraction of sp³-hybridized carbons (Fsp3) is 0.625. The van der Waals surface area contributed by atoms with Crippen molar-refractivity contribution in [2.45, 2.75) is 64.8 Å². The molecule has 1 aromatic carbocycles. The Balaban J connectivity index is 2.69. The van der Waals surface area contributed by atoms with Crippen LogP contribution in [0.4, 0.5) is 0 Å². The molecule has 0 aromatic heterocycles. The predicted molar refractivity (Wildman–Crippen MR) is 79.3 cm³/mol. The highest BCUT2D eigenvalue weighted by Gasteiger charge is 2.14. The fourth-order valence-electron chi connectivity index (χ4n) is 2.16. The van der Waals surface area contributed by atoms with Crippen molar-refractivity contribution in [3.05, 3.63) is 35.4 Å². The van der Waals surface area contributed by atoms with E-state index in [2.05, 4.69) is 57.4 Å². The smallest absolute Gasteiger partial charge is 0.0460 e. The maximum absolute atomic E-state index is 5.66. The van der Waals surface area contributed by atoms with Crippen molar-refractivity contribution in [3.8, 4) is 0 Å². The molecule has 0 saturated heterocycles. The molecule has 0 aliphatic heterocycles. The SMILES string of the molecule is CCCCCC(NN)c1ccc(C(C)(C)C)cc1. The van der Waals surface area contributed by atoms with Crippen LogP contribution in [-0.2, 0) is 5.41 Å². The summed E-state index contributed by atoms with van der Waals surface area (Å²) < 4.78 is 0. The zero-order valence-corrected chi connectivity index (χ0v) is 12.3. The lowest BCUT2D eigenvalue weighted by molar-refractivity contribution is 0.486. The molecule has 2 heteroatoms. The molecule has 1 unspecified atom stereocenters. The molecule has 0 saturated carbocycles. The van der Waals surface area contributed by atoms with E-state index in [9.17, 15) is 0 Å². The lowest BCUT2D eigenvalue weighted by atomic mass is 9.86. The summed E-state index contributed by atoms with van der Waals surface area (Å²) in [6.07, 6.45) is 4.87. The molecule has 2 nitrogen and oxygen atoms in total. The first-order valence-electron chi connectivity index (χ1n) is 7.05. The van der Waals surface area contributed by atoms with E-state index in [1.54, 1.807) is 0 Å². The molecule has 0 aliphatic carbocycles. The van der Waals surface area contributed by atoms with Gasteiger partial charge in [0, 0.05) is 6.04 Å². The van der Waals surface area contributed by atoms with Crippen LogP contribution in [-0.4, -0.2) is 0 Å². The van der Waals surface area contributed by atoms with Crippen LogP contribution >= 0.6 is 0 Å². The highest BCUT2D eigenvalue weighted by Crippen LogP contribution is 2.25. The fourth-order valence-corrected chi connectivity index (χ4v) is 2.16. The number of unbranched alkanes of at least 4 members (excludes halogenated alkanes) is 2. The topological polar surface area (TPSA) is 38.0 Å². The summed E-state index contributed by atoms with van der Waals surface area (Å²) in [5.74, 6) is 5.66. The Hall–Kier alpha value is -0.860. The second-order valence-corrected chi connectivity index (χ2v) is 6.09. The molecule has 0 radical (unpaired) electrons. The van der Waals surface area contributed by atoms with E-state index in [4.69, 9.17) is 5.84 Å². The Morgan fingerprint density at radius 3 is 2.17 bits per heavy atom. The number of hydrogen-bond acceptors (Lipinski definition) is 2. The van der Waals surface area contributed by atoms with Crippen molar-refractivity contribution in [1.29, 1.82) is 0 Å². The van der Waals surface area contributed by atoms with Crippen molar-refractivity contribution < 1.29 is 0 Å². The average Bonchev–Trinajstić information content (AvgIpc) is 2.34. The standard InChI is InChI=1S/C16H28N2/c1-5-6-7-8-15(18-17)13-9-11-14(12-10-13)16(2,3)4/h9-12,15,18H,5-8,17H2,1-4H3. The number of hydrazine groups is 1. The molecule has 0 aliphatic rings. The molecular weight excluding hydrogens is 220 g/mol. The van der Waals surface area contributed by atoms with E-state index in [0.717, 1.165) is 6.42 Å². The summed E-state index contributed by atoms with van der Waals surface area (Å²) in [5.41, 5.74) is 5.81. The highest BCUT2D eigenvalue weighted by molar-refractivity contribution is 5.29. The van der Waals surface area contributed by atoms with Crippen LogP contribution in [0, 0.1) is 0 Å². The van der Waals surface area contributed by atoms with Crippen LogP contribution in [0.3, 0.4) is 0 Å². The summed E-state index contributed by atoms with van der Waals surface area (Å²) in [5, 5.41) is 0. The zero-order chi connectivity index (χ0) is 13.6. The maximum Gasteiger partial charge on any atom is 0.0460 e. The first-order valence-corrected chi connectivity index (χ1v) is 7.05. The van der Waals surface area contributed by atoms with Crippen LogP contribution in [0.1, 0.15) is 70.5 Å². The predicted octanol–water partition coefficient (Wildman–Crippen LogP) is 4.07. The number of benzene rings is 1. The normalized spacial score (nSPS) is 13.6. The van der Waals surface area contributed by atoms with Crippen molar-refractivity contribution >= 4 is 0 Å². The lowest BCUT2D eigenvalue weighted by Crippen LogP contribution is -2.28. The quantitative estimate of drug-likeness (QED) is 0.452. The second-order valence-electron chi connectivity index (χ2n) is 6.09. The first kappa shape index (κ1) is 15.2. The van der Waals surface area contributed by atoms with Gasteiger partial charge in [0.15, 0.2) is 0 Å². The molecule has 18 heavy (non-hydrogen) atoms. The maximum atomic E-state index is 5.66. The average molecular weight is 248 g/mol. The Kier molecular flexibility index (Phi) is 5.83. The van der Waals surface area contributed by atoms with Crippen molar-refractivity contribution in [1.82, 2.24) is 5.43 Å². The minimum atomic E-state index is 0.215. The molecule has 0 bridgehead atoms. The summed E-state index contributed by atoms with van der Waals surface area (Å²) in [7, 11) is 0. The third-order valence-electron chi connectivity index (χ3n) is 3.48. The summed E-state index contributed by atoms with van der Waals surface area (Å²) in [6, 6.07) is 9.14. The zero-order valence-electron chi connectivity index (χ0n) is 12.3. The van der Waals surface area contributed by atoms with E-state index < -0.39 is 0 Å². The molecule has 0 heterocycles. The van der Waals surface area contributed by atoms with Gasteiger partial charge in [0.25, 0.3) is 0 Å². The van der Waals surface area contributed by atoms with Gasteiger partial charge in [-0.05, 0) is 23.0 Å². The molecular formula is C16H28N2. The molecule has 1 rings (SSSR count). The molecule has 3 N–H and O–H groups in total. The molecule has 0 fully saturated rings. The van der Waals surface area contributed by atoms with Crippen molar-refractivity contribution in [3.63, 3.8) is 0 Å². The number of rotatable bonds is 6. The van der Waals surface area contributed by atoms with Crippen LogP contribution in [0.15, 0.2) is 24.3 Å². The van der Waals surface area contributed by atoms with Crippen LogP contribution < -0.4 is 11.3 Å². The van der Waals surface area contributed by atoms with Crippen molar-refractivity contribution in [2.24, 2.45) is 5.84 Å². The van der Waals surface area contributed by atoms with Gasteiger partial charge in [-0.1, -0.05) is 71.2 Å². The van der Waals surface area contributed by atoms with Gasteiger partial charge in [0.2, 0.25) is 0 Å². The highest BCUT2D eigenvalue weighted by atomic mass is 15.2. The van der Waals surface area contributed by atoms with Crippen LogP contribution in [0.5, 0.6) is 0 Å². The Bertz CT molecular complexity index is 335. The Morgan fingerprint density at radius 1 is 1.11 bits per heavy atom. The first-order chi connectivity index (χ1) is 8.49. The van der Waals surface area contributed by atoms with Gasteiger partial charge in [-0.25, -0.2) is 0 Å². The third-order valence-corrected chi connectivity index (χ3v) is 3.48. The minimum Gasteiger partial charge on any atom is -0.271 e. The summed E-state index contributed by atoms with van der Waals surface area (Å²) >= 11 is 0. The van der Waals surface area contributed by atoms with Crippen LogP contribution in [0.25, 0.3) is 0 Å². The number of nitrogens with one attached hydrogen (secondary N) is 1. The molecule has 1 aromatic rings. The van der Waals surface area contributed by atoms with Crippen molar-refractivity contribution in [2.75, 3.05) is 0 Å². The summed E-state index contributed by atoms with van der Waals surface area (Å²) in [6.45, 7) is 8.94. The van der Waals surface area contributed by atoms with E-state index in [1.807, 2.05) is 0 Å². The van der Waals surface area contributed by atoms with E-state index in [1.165, 1.54) is 30.4 Å². The second kappa shape index (κ2) is 6.91. The van der Waals surface area contributed by atoms with Gasteiger partial charge < -0.3 is 0 Å². The van der Waals surface area contributed by atoms with Gasteiger partial charge in [-0.15, -0.1) is 0 Å². The van der Waals surface area contributed by atoms with Gasteiger partial charge in [0.1, 0.15) is 0 Å². The van der Waals surface area contributed by atoms with E-state index in [-0.39, 0.29) is 11.5 Å². The summed E-state index contributed by atoms with van der Waals surface area (Å²) in [4.78, 5) is 0. The van der Waals surface area contributed by atoms with E-state index in [0.29, 0.717) is 0 Å². The lowest BCUT2D eigenvalue weighted by Gasteiger charge is -2.21. The van der Waals surface area contributed by atoms with E-state index >= 15 is 0 Å². The van der Waals surface area contributed by atoms with Gasteiger partial charge in [-0.2, -0.15) is 0 Å². The monoisotopic (exact) mass is 248 g/mol. The van der Waals surface area contributed by atoms with Crippen LogP contribution in [0.2, 0.25) is 0 Å². The van der Waals surface area contributed by atoms with Gasteiger partial charge >= 0.3 is 0 Å². The molecule has 102 valence electrons. The Morgan fingerprint density at radius 2 is 1.72 bits per heavy atom. The molecule has 0 spiro atoms. The number of nitrogens with two attached hydrogens (primary N) is 1. The third kappa shape index (κ3) is 4.43.